The minimum atomic E-state index is 0.0634. The number of carbonyl (C=O) groups is 1. The van der Waals surface area contributed by atoms with E-state index < -0.39 is 0 Å². The van der Waals surface area contributed by atoms with Crippen molar-refractivity contribution < 1.29 is 4.79 Å². The Morgan fingerprint density at radius 1 is 1.21 bits per heavy atom. The number of fused-ring (bicyclic) bond motifs is 1. The highest BCUT2D eigenvalue weighted by Gasteiger charge is 2.34. The summed E-state index contributed by atoms with van der Waals surface area (Å²) in [6.07, 6.45) is 10.3. The lowest BCUT2D eigenvalue weighted by atomic mass is 10.2. The average Bonchev–Trinajstić information content (AvgIpc) is 3.24. The Balaban J connectivity index is 1.54. The molecule has 0 saturated carbocycles. The molecule has 2 aromatic rings. The fourth-order valence-electron chi connectivity index (χ4n) is 3.87. The number of rotatable bonds is 3. The highest BCUT2D eigenvalue weighted by atomic mass is 16.2. The predicted molar refractivity (Wildman–Crippen MR) is 88.2 cm³/mol. The van der Waals surface area contributed by atoms with E-state index in [9.17, 15) is 4.79 Å². The van der Waals surface area contributed by atoms with E-state index in [0.717, 1.165) is 49.6 Å². The highest BCUT2D eigenvalue weighted by molar-refractivity contribution is 5.76. The average molecular weight is 328 g/mol. The van der Waals surface area contributed by atoms with Crippen molar-refractivity contribution in [3.63, 3.8) is 0 Å². The standard InChI is InChI=1S/C17H24N6O/c1-13-10-18-21(11-13)12-16(24)22-9-5-6-14(22)17-20-19-15-7-3-2-4-8-23(15)17/h10-11,14H,2-9,12H2,1H3/t14-/m1/s1. The molecule has 24 heavy (non-hydrogen) atoms. The molecule has 2 aliphatic rings. The summed E-state index contributed by atoms with van der Waals surface area (Å²) in [4.78, 5) is 14.7. The van der Waals surface area contributed by atoms with E-state index in [0.29, 0.717) is 6.54 Å². The first-order valence-corrected chi connectivity index (χ1v) is 8.93. The Kier molecular flexibility index (Phi) is 4.08. The number of hydrogen-bond donors (Lipinski definition) is 0. The summed E-state index contributed by atoms with van der Waals surface area (Å²) < 4.78 is 3.98. The van der Waals surface area contributed by atoms with Crippen LogP contribution >= 0.6 is 0 Å². The molecule has 1 saturated heterocycles. The summed E-state index contributed by atoms with van der Waals surface area (Å²) in [5.41, 5.74) is 1.07. The molecule has 0 bridgehead atoms. The van der Waals surface area contributed by atoms with Crippen molar-refractivity contribution in [2.75, 3.05) is 6.54 Å². The predicted octanol–water partition coefficient (Wildman–Crippen LogP) is 1.87. The van der Waals surface area contributed by atoms with Crippen LogP contribution in [0.15, 0.2) is 12.4 Å². The van der Waals surface area contributed by atoms with Gasteiger partial charge in [-0.25, -0.2) is 0 Å². The van der Waals surface area contributed by atoms with E-state index >= 15 is 0 Å². The van der Waals surface area contributed by atoms with Gasteiger partial charge in [-0.1, -0.05) is 6.42 Å². The van der Waals surface area contributed by atoms with Crippen LogP contribution in [0.25, 0.3) is 0 Å². The van der Waals surface area contributed by atoms with Gasteiger partial charge in [0.15, 0.2) is 5.82 Å². The first kappa shape index (κ1) is 15.4. The number of nitrogens with zero attached hydrogens (tertiary/aromatic N) is 6. The molecule has 1 fully saturated rings. The molecule has 7 nitrogen and oxygen atoms in total. The lowest BCUT2D eigenvalue weighted by molar-refractivity contribution is -0.133. The second-order valence-corrected chi connectivity index (χ2v) is 6.90. The third-order valence-electron chi connectivity index (χ3n) is 5.07. The van der Waals surface area contributed by atoms with E-state index in [1.807, 2.05) is 18.0 Å². The Morgan fingerprint density at radius 2 is 2.12 bits per heavy atom. The SMILES string of the molecule is Cc1cnn(CC(=O)N2CCC[C@@H]2c2nnc3n2CCCCC3)c1. The Bertz CT molecular complexity index is 733. The summed E-state index contributed by atoms with van der Waals surface area (Å²) in [6, 6.07) is 0.0634. The maximum atomic E-state index is 12.8. The van der Waals surface area contributed by atoms with Crippen LogP contribution in [0.2, 0.25) is 0 Å². The van der Waals surface area contributed by atoms with Gasteiger partial charge in [0.05, 0.1) is 12.2 Å². The van der Waals surface area contributed by atoms with Crippen LogP contribution in [0.5, 0.6) is 0 Å². The van der Waals surface area contributed by atoms with Crippen molar-refractivity contribution >= 4 is 5.91 Å². The zero-order chi connectivity index (χ0) is 16.5. The third kappa shape index (κ3) is 2.83. The van der Waals surface area contributed by atoms with Gasteiger partial charge in [-0.2, -0.15) is 5.10 Å². The fourth-order valence-corrected chi connectivity index (χ4v) is 3.87. The molecule has 7 heteroatoms. The van der Waals surface area contributed by atoms with E-state index in [1.54, 1.807) is 10.9 Å². The molecule has 2 aromatic heterocycles. The van der Waals surface area contributed by atoms with Crippen LogP contribution in [0.4, 0.5) is 0 Å². The molecule has 0 N–H and O–H groups in total. The molecule has 128 valence electrons. The van der Waals surface area contributed by atoms with Gasteiger partial charge < -0.3 is 9.47 Å². The Morgan fingerprint density at radius 3 is 2.96 bits per heavy atom. The largest absolute Gasteiger partial charge is 0.331 e. The summed E-state index contributed by atoms with van der Waals surface area (Å²) in [5, 5.41) is 13.1. The van der Waals surface area contributed by atoms with E-state index in [4.69, 9.17) is 0 Å². The molecule has 0 radical (unpaired) electrons. The van der Waals surface area contributed by atoms with Gasteiger partial charge >= 0.3 is 0 Å². The van der Waals surface area contributed by atoms with E-state index in [-0.39, 0.29) is 11.9 Å². The lowest BCUT2D eigenvalue weighted by Crippen LogP contribution is -2.34. The van der Waals surface area contributed by atoms with Crippen LogP contribution in [-0.4, -0.2) is 41.9 Å². The third-order valence-corrected chi connectivity index (χ3v) is 5.07. The van der Waals surface area contributed by atoms with Gasteiger partial charge in [-0.05, 0) is 38.2 Å². The molecule has 0 aliphatic carbocycles. The molecular formula is C17H24N6O. The molecule has 0 unspecified atom stereocenters. The minimum Gasteiger partial charge on any atom is -0.331 e. The van der Waals surface area contributed by atoms with Crippen molar-refractivity contribution in [3.8, 4) is 0 Å². The maximum absolute atomic E-state index is 12.8. The first-order valence-electron chi connectivity index (χ1n) is 8.93. The first-order chi connectivity index (χ1) is 11.7. The van der Waals surface area contributed by atoms with Crippen molar-refractivity contribution in [1.82, 2.24) is 29.4 Å². The topological polar surface area (TPSA) is 68.8 Å². The number of likely N-dealkylation sites (tertiary alicyclic amines) is 1. The van der Waals surface area contributed by atoms with Crippen LogP contribution in [0.3, 0.4) is 0 Å². The van der Waals surface area contributed by atoms with Crippen molar-refractivity contribution in [3.05, 3.63) is 29.6 Å². The second kappa shape index (κ2) is 6.37. The molecule has 2 aliphatic heterocycles. The van der Waals surface area contributed by atoms with Gasteiger partial charge in [-0.15, -0.1) is 10.2 Å². The number of aromatic nitrogens is 5. The normalized spacial score (nSPS) is 20.9. The summed E-state index contributed by atoms with van der Waals surface area (Å²) in [6.45, 7) is 4.06. The van der Waals surface area contributed by atoms with Gasteiger partial charge in [0.2, 0.25) is 5.91 Å². The number of carbonyl (C=O) groups excluding carboxylic acids is 1. The molecule has 4 rings (SSSR count). The van der Waals surface area contributed by atoms with Crippen molar-refractivity contribution in [1.29, 1.82) is 0 Å². The Labute approximate surface area is 141 Å². The maximum Gasteiger partial charge on any atom is 0.244 e. The monoisotopic (exact) mass is 328 g/mol. The van der Waals surface area contributed by atoms with Crippen LogP contribution < -0.4 is 0 Å². The number of amides is 1. The highest BCUT2D eigenvalue weighted by Crippen LogP contribution is 2.32. The molecule has 0 aromatic carbocycles. The van der Waals surface area contributed by atoms with Gasteiger partial charge in [-0.3, -0.25) is 9.48 Å². The van der Waals surface area contributed by atoms with E-state index in [1.165, 1.54) is 19.3 Å². The zero-order valence-corrected chi connectivity index (χ0v) is 14.2. The number of hydrogen-bond acceptors (Lipinski definition) is 4. The summed E-state index contributed by atoms with van der Waals surface area (Å²) in [5.74, 6) is 2.19. The molecule has 1 atom stereocenters. The van der Waals surface area contributed by atoms with Crippen LogP contribution in [0.1, 0.15) is 55.4 Å². The van der Waals surface area contributed by atoms with Crippen molar-refractivity contribution in [2.45, 2.75) is 64.6 Å². The number of aryl methyl sites for hydroxylation is 2. The fraction of sp³-hybridized carbons (Fsp3) is 0.647. The van der Waals surface area contributed by atoms with Crippen molar-refractivity contribution in [2.24, 2.45) is 0 Å². The lowest BCUT2D eigenvalue weighted by Gasteiger charge is -2.24. The zero-order valence-electron chi connectivity index (χ0n) is 14.2. The van der Waals surface area contributed by atoms with E-state index in [2.05, 4.69) is 19.9 Å². The molecule has 1 amide bonds. The quantitative estimate of drug-likeness (QED) is 0.862. The van der Waals surface area contributed by atoms with Crippen LogP contribution in [-0.2, 0) is 24.3 Å². The van der Waals surface area contributed by atoms with Gasteiger partial charge in [0, 0.05) is 25.7 Å². The Hall–Kier alpha value is -2.18. The second-order valence-electron chi connectivity index (χ2n) is 6.90. The molecular weight excluding hydrogens is 304 g/mol. The summed E-state index contributed by atoms with van der Waals surface area (Å²) >= 11 is 0. The molecule has 4 heterocycles. The van der Waals surface area contributed by atoms with Gasteiger partial charge in [0.1, 0.15) is 12.4 Å². The van der Waals surface area contributed by atoms with Crippen LogP contribution in [0, 0.1) is 6.92 Å². The smallest absolute Gasteiger partial charge is 0.244 e. The summed E-state index contributed by atoms with van der Waals surface area (Å²) in [7, 11) is 0. The van der Waals surface area contributed by atoms with Gasteiger partial charge in [0.25, 0.3) is 0 Å². The molecule has 0 spiro atoms. The minimum absolute atomic E-state index is 0.0634.